The number of alkyl halides is 3. The molecule has 3 aliphatic heterocycles. The van der Waals surface area contributed by atoms with Crippen molar-refractivity contribution in [1.29, 1.82) is 0 Å². The maximum absolute atomic E-state index is 13.8. The number of halogens is 3. The fourth-order valence-electron chi connectivity index (χ4n) is 5.80. The van der Waals surface area contributed by atoms with Crippen molar-refractivity contribution in [3.05, 3.63) is 126 Å². The van der Waals surface area contributed by atoms with Crippen LogP contribution in [-0.2, 0) is 15.8 Å². The van der Waals surface area contributed by atoms with Gasteiger partial charge in [0.25, 0.3) is 0 Å². The zero-order valence-corrected chi connectivity index (χ0v) is 20.8. The minimum atomic E-state index is -4.68. The first-order chi connectivity index (χ1) is 19.2. The highest BCUT2D eigenvalue weighted by Crippen LogP contribution is 2.47. The number of nitrogens with zero attached hydrogens (tertiary/aromatic N) is 2. The summed E-state index contributed by atoms with van der Waals surface area (Å²) in [5, 5.41) is 0. The number of amides is 2. The van der Waals surface area contributed by atoms with E-state index in [1.54, 1.807) is 83.9 Å². The van der Waals surface area contributed by atoms with Crippen molar-refractivity contribution < 1.29 is 32.3 Å². The summed E-state index contributed by atoms with van der Waals surface area (Å²) in [5.74, 6) is -4.41. The van der Waals surface area contributed by atoms with E-state index in [4.69, 9.17) is 0 Å². The minimum absolute atomic E-state index is 0.215. The van der Waals surface area contributed by atoms with E-state index in [9.17, 15) is 32.3 Å². The summed E-state index contributed by atoms with van der Waals surface area (Å²) >= 11 is 0. The Bertz CT molecular complexity index is 1600. The number of carbonyl (C=O) groups is 4. The van der Waals surface area contributed by atoms with Crippen LogP contribution in [0.1, 0.15) is 26.3 Å². The number of carbonyl (C=O) groups excluding carboxylic acids is 4. The van der Waals surface area contributed by atoms with Crippen LogP contribution in [-0.4, -0.2) is 40.4 Å². The van der Waals surface area contributed by atoms with E-state index in [0.29, 0.717) is 11.1 Å². The van der Waals surface area contributed by atoms with Crippen molar-refractivity contribution in [2.45, 2.75) is 18.3 Å². The van der Waals surface area contributed by atoms with Gasteiger partial charge in [0.15, 0.2) is 11.6 Å². The number of imide groups is 1. The van der Waals surface area contributed by atoms with Crippen molar-refractivity contribution >= 4 is 29.1 Å². The van der Waals surface area contributed by atoms with Gasteiger partial charge in [-0.05, 0) is 24.3 Å². The molecule has 2 saturated heterocycles. The third-order valence-electron chi connectivity index (χ3n) is 7.60. The molecule has 0 aliphatic carbocycles. The highest BCUT2D eigenvalue weighted by Gasteiger charge is 2.63. The highest BCUT2D eigenvalue weighted by atomic mass is 19.4. The second-order valence-corrected chi connectivity index (χ2v) is 9.86. The van der Waals surface area contributed by atoms with Gasteiger partial charge in [-0.3, -0.25) is 19.2 Å². The van der Waals surface area contributed by atoms with Crippen LogP contribution < -0.4 is 4.90 Å². The van der Waals surface area contributed by atoms with Crippen LogP contribution in [0, 0.1) is 11.8 Å². The van der Waals surface area contributed by atoms with Gasteiger partial charge >= 0.3 is 6.18 Å². The van der Waals surface area contributed by atoms with E-state index in [2.05, 4.69) is 0 Å². The number of allylic oxidation sites excluding steroid dienone is 2. The zero-order chi connectivity index (χ0) is 28.2. The second kappa shape index (κ2) is 9.44. The van der Waals surface area contributed by atoms with Gasteiger partial charge in [0.2, 0.25) is 11.8 Å². The number of anilines is 1. The summed E-state index contributed by atoms with van der Waals surface area (Å²) in [5.41, 5.74) is -0.173. The van der Waals surface area contributed by atoms with E-state index in [-0.39, 0.29) is 17.0 Å². The van der Waals surface area contributed by atoms with Crippen molar-refractivity contribution in [3.63, 3.8) is 0 Å². The van der Waals surface area contributed by atoms with E-state index in [1.807, 2.05) is 0 Å². The largest absolute Gasteiger partial charge is 0.416 e. The monoisotopic (exact) mass is 542 g/mol. The lowest BCUT2D eigenvalue weighted by molar-refractivity contribution is -0.137. The van der Waals surface area contributed by atoms with Crippen molar-refractivity contribution in [1.82, 2.24) is 4.90 Å². The molecule has 2 fully saturated rings. The summed E-state index contributed by atoms with van der Waals surface area (Å²) in [4.78, 5) is 57.0. The van der Waals surface area contributed by atoms with Crippen LogP contribution in [0.5, 0.6) is 0 Å². The van der Waals surface area contributed by atoms with E-state index >= 15 is 0 Å². The molecule has 3 heterocycles. The second-order valence-electron chi connectivity index (χ2n) is 9.86. The first kappa shape index (κ1) is 25.5. The van der Waals surface area contributed by atoms with Gasteiger partial charge in [-0.2, -0.15) is 13.2 Å². The Kier molecular flexibility index (Phi) is 6.02. The molecule has 0 bridgehead atoms. The van der Waals surface area contributed by atoms with Crippen LogP contribution >= 0.6 is 0 Å². The first-order valence-electron chi connectivity index (χ1n) is 12.6. The van der Waals surface area contributed by atoms with Crippen LogP contribution in [0.15, 0.2) is 109 Å². The number of ketones is 2. The maximum Gasteiger partial charge on any atom is 0.416 e. The minimum Gasteiger partial charge on any atom is -0.359 e. The van der Waals surface area contributed by atoms with Gasteiger partial charge in [-0.15, -0.1) is 0 Å². The standard InChI is InChI=1S/C31H21F3N2O4/c32-31(33,34)21-12-7-13-22(17-21)36-29(39)24-23-16-20(27(37)18-8-3-1-4-9-18)14-15-35(23)26(25(24)30(36)40)28(38)19-10-5-2-6-11-19/h1-17,23-26H/t23-,24+,25-,26+/m1/s1. The number of fused-ring (bicyclic) bond motifs is 3. The van der Waals surface area contributed by atoms with Crippen LogP contribution in [0.3, 0.4) is 0 Å². The summed E-state index contributed by atoms with van der Waals surface area (Å²) in [6.07, 6.45) is 0.00746. The molecule has 0 saturated carbocycles. The normalized spacial score (nSPS) is 23.6. The molecule has 0 radical (unpaired) electrons. The van der Waals surface area contributed by atoms with Gasteiger partial charge in [0, 0.05) is 22.9 Å². The molecule has 0 N–H and O–H groups in total. The molecule has 200 valence electrons. The Morgan fingerprint density at radius 3 is 2.02 bits per heavy atom. The molecule has 9 heteroatoms. The average Bonchev–Trinajstić information content (AvgIpc) is 3.44. The van der Waals surface area contributed by atoms with Gasteiger partial charge in [0.1, 0.15) is 6.04 Å². The maximum atomic E-state index is 13.8. The van der Waals surface area contributed by atoms with Crippen LogP contribution in [0.2, 0.25) is 0 Å². The predicted molar refractivity (Wildman–Crippen MR) is 139 cm³/mol. The molecule has 2 amide bonds. The lowest BCUT2D eigenvalue weighted by Crippen LogP contribution is -2.46. The number of benzene rings is 3. The van der Waals surface area contributed by atoms with E-state index in [1.165, 1.54) is 6.07 Å². The zero-order valence-electron chi connectivity index (χ0n) is 20.8. The SMILES string of the molecule is O=C(C1=C[C@@H]2[C@@H]3C(=O)N(c4cccc(C(F)(F)F)c4)C(=O)[C@H]3[C@@H](C(=O)c3ccccc3)N2C=C1)c1ccccc1. The summed E-state index contributed by atoms with van der Waals surface area (Å²) < 4.78 is 40.3. The van der Waals surface area contributed by atoms with Gasteiger partial charge < -0.3 is 4.90 Å². The quantitative estimate of drug-likeness (QED) is 0.332. The predicted octanol–water partition coefficient (Wildman–Crippen LogP) is 5.08. The van der Waals surface area contributed by atoms with Gasteiger partial charge in [0.05, 0.1) is 29.1 Å². The Labute approximate surface area is 227 Å². The number of rotatable bonds is 5. The number of hydrogen-bond donors (Lipinski definition) is 0. The Balaban J connectivity index is 1.43. The average molecular weight is 543 g/mol. The Morgan fingerprint density at radius 2 is 1.38 bits per heavy atom. The molecule has 3 aromatic rings. The van der Waals surface area contributed by atoms with E-state index < -0.39 is 53.3 Å². The first-order valence-corrected chi connectivity index (χ1v) is 12.6. The topological polar surface area (TPSA) is 74.8 Å². The van der Waals surface area contributed by atoms with Crippen molar-refractivity contribution in [2.75, 3.05) is 4.90 Å². The highest BCUT2D eigenvalue weighted by molar-refractivity contribution is 6.25. The molecule has 0 aromatic heterocycles. The lowest BCUT2D eigenvalue weighted by Gasteiger charge is -2.33. The third kappa shape index (κ3) is 4.05. The molecule has 40 heavy (non-hydrogen) atoms. The smallest absolute Gasteiger partial charge is 0.359 e. The van der Waals surface area contributed by atoms with Crippen molar-refractivity contribution in [2.24, 2.45) is 11.8 Å². The summed E-state index contributed by atoms with van der Waals surface area (Å²) in [6, 6.07) is 18.9. The molecular formula is C31H21F3N2O4. The molecule has 0 spiro atoms. The van der Waals surface area contributed by atoms with E-state index in [0.717, 1.165) is 23.1 Å². The molecule has 6 nitrogen and oxygen atoms in total. The summed E-state index contributed by atoms with van der Waals surface area (Å²) in [6.45, 7) is 0. The van der Waals surface area contributed by atoms with Crippen LogP contribution in [0.25, 0.3) is 0 Å². The Hall–Kier alpha value is -4.79. The fraction of sp³-hybridized carbons (Fsp3) is 0.161. The molecule has 0 unspecified atom stereocenters. The lowest BCUT2D eigenvalue weighted by atomic mass is 9.85. The van der Waals surface area contributed by atoms with Crippen LogP contribution in [0.4, 0.5) is 18.9 Å². The number of hydrogen-bond acceptors (Lipinski definition) is 5. The third-order valence-corrected chi connectivity index (χ3v) is 7.60. The molecule has 3 aliphatic rings. The molecule has 3 aromatic carbocycles. The molecule has 4 atom stereocenters. The molecule has 6 rings (SSSR count). The van der Waals surface area contributed by atoms with Gasteiger partial charge in [-0.1, -0.05) is 72.8 Å². The summed E-state index contributed by atoms with van der Waals surface area (Å²) in [7, 11) is 0. The fourth-order valence-corrected chi connectivity index (χ4v) is 5.80. The Morgan fingerprint density at radius 1 is 0.750 bits per heavy atom. The molecular weight excluding hydrogens is 521 g/mol. The number of Topliss-reactive ketones (excluding diaryl/α,β-unsaturated/α-hetero) is 2. The van der Waals surface area contributed by atoms with Crippen molar-refractivity contribution in [3.8, 4) is 0 Å². The van der Waals surface area contributed by atoms with Gasteiger partial charge in [-0.25, -0.2) is 4.90 Å².